The Labute approximate surface area is 88.6 Å². The molecule has 6 heteroatoms. The first-order valence-corrected chi connectivity index (χ1v) is 5.11. The molecule has 0 saturated heterocycles. The minimum Gasteiger partial charge on any atom is -0.481 e. The molecule has 0 fully saturated rings. The van der Waals surface area contributed by atoms with E-state index in [-0.39, 0.29) is 5.56 Å². The van der Waals surface area contributed by atoms with Gasteiger partial charge >= 0.3 is 5.97 Å². The van der Waals surface area contributed by atoms with Crippen LogP contribution in [-0.2, 0) is 4.79 Å². The first-order valence-electron chi connectivity index (χ1n) is 4.29. The first kappa shape index (κ1) is 9.85. The summed E-state index contributed by atoms with van der Waals surface area (Å²) < 4.78 is 1.36. The zero-order valence-corrected chi connectivity index (χ0v) is 8.69. The minimum atomic E-state index is -0.908. The van der Waals surface area contributed by atoms with Crippen LogP contribution in [0.4, 0.5) is 0 Å². The monoisotopic (exact) mass is 224 g/mol. The molecule has 0 spiro atoms. The number of carboxylic acids is 1. The molecule has 0 aliphatic rings. The van der Waals surface area contributed by atoms with Gasteiger partial charge in [-0.25, -0.2) is 4.98 Å². The fourth-order valence-corrected chi connectivity index (χ4v) is 2.18. The van der Waals surface area contributed by atoms with Crippen LogP contribution in [0.1, 0.15) is 17.7 Å². The summed E-state index contributed by atoms with van der Waals surface area (Å²) in [6.45, 7) is 1.58. The van der Waals surface area contributed by atoms with E-state index >= 15 is 0 Å². The van der Waals surface area contributed by atoms with Gasteiger partial charge in [-0.15, -0.1) is 11.3 Å². The van der Waals surface area contributed by atoms with E-state index in [4.69, 9.17) is 5.11 Å². The topological polar surface area (TPSA) is 71.7 Å². The molecule has 0 amide bonds. The van der Waals surface area contributed by atoms with Gasteiger partial charge in [-0.1, -0.05) is 0 Å². The van der Waals surface area contributed by atoms with Gasteiger partial charge in [0.05, 0.1) is 5.92 Å². The molecule has 2 heterocycles. The van der Waals surface area contributed by atoms with Crippen LogP contribution in [0.25, 0.3) is 4.96 Å². The lowest BCUT2D eigenvalue weighted by Gasteiger charge is -1.99. The maximum atomic E-state index is 11.4. The highest BCUT2D eigenvalue weighted by molar-refractivity contribution is 7.17. The number of carbonyl (C=O) groups is 1. The minimum absolute atomic E-state index is 0.194. The highest BCUT2D eigenvalue weighted by Gasteiger charge is 2.17. The van der Waals surface area contributed by atoms with Crippen molar-refractivity contribution in [1.29, 1.82) is 0 Å². The van der Waals surface area contributed by atoms with Crippen molar-refractivity contribution in [2.45, 2.75) is 12.8 Å². The van der Waals surface area contributed by atoms with Gasteiger partial charge in [0.2, 0.25) is 0 Å². The number of aliphatic carboxylic acids is 1. The number of rotatable bonds is 2. The fraction of sp³-hybridized carbons (Fsp3) is 0.222. The molecule has 15 heavy (non-hydrogen) atoms. The van der Waals surface area contributed by atoms with E-state index in [0.717, 1.165) is 0 Å². The molecule has 0 bridgehead atoms. The predicted molar refractivity (Wildman–Crippen MR) is 55.4 cm³/mol. The van der Waals surface area contributed by atoms with Crippen LogP contribution in [0, 0.1) is 0 Å². The van der Waals surface area contributed by atoms with Crippen molar-refractivity contribution in [3.05, 3.63) is 33.7 Å². The normalized spacial score (nSPS) is 12.9. The van der Waals surface area contributed by atoms with Crippen LogP contribution in [0.3, 0.4) is 0 Å². The second-order valence-electron chi connectivity index (χ2n) is 3.13. The number of nitrogens with zero attached hydrogens (tertiary/aromatic N) is 2. The molecule has 0 aliphatic carbocycles. The van der Waals surface area contributed by atoms with Gasteiger partial charge < -0.3 is 5.11 Å². The number of aromatic nitrogens is 2. The van der Waals surface area contributed by atoms with E-state index < -0.39 is 11.9 Å². The lowest BCUT2D eigenvalue weighted by Crippen LogP contribution is -2.10. The standard InChI is InChI=1S/C9H8N2O3S/c1-5(8(13)14)6-4-11-7(12)2-3-10-9(11)15-6/h2-5H,1H3,(H,13,14). The van der Waals surface area contributed by atoms with Crippen LogP contribution in [0.5, 0.6) is 0 Å². The quantitative estimate of drug-likeness (QED) is 0.824. The van der Waals surface area contributed by atoms with Gasteiger partial charge in [0.15, 0.2) is 4.96 Å². The Bertz CT molecular complexity index is 572. The molecule has 1 atom stereocenters. The van der Waals surface area contributed by atoms with Crippen molar-refractivity contribution in [3.8, 4) is 0 Å². The molecule has 1 unspecified atom stereocenters. The molecule has 1 N–H and O–H groups in total. The molecular formula is C9H8N2O3S. The average Bonchev–Trinajstić information content (AvgIpc) is 2.61. The third kappa shape index (κ3) is 1.63. The number of thiazole rings is 1. The van der Waals surface area contributed by atoms with Crippen molar-refractivity contribution in [1.82, 2.24) is 9.38 Å². The van der Waals surface area contributed by atoms with E-state index in [9.17, 15) is 9.59 Å². The number of hydrogen-bond donors (Lipinski definition) is 1. The number of hydrogen-bond acceptors (Lipinski definition) is 4. The van der Waals surface area contributed by atoms with Gasteiger partial charge in [-0.05, 0) is 6.92 Å². The number of fused-ring (bicyclic) bond motifs is 1. The Morgan fingerprint density at radius 3 is 3.00 bits per heavy atom. The van der Waals surface area contributed by atoms with Crippen molar-refractivity contribution >= 4 is 22.3 Å². The highest BCUT2D eigenvalue weighted by atomic mass is 32.1. The third-order valence-corrected chi connectivity index (χ3v) is 3.29. The Kier molecular flexibility index (Phi) is 2.28. The summed E-state index contributed by atoms with van der Waals surface area (Å²) in [5, 5.41) is 8.83. The van der Waals surface area contributed by atoms with Crippen LogP contribution in [0.2, 0.25) is 0 Å². The average molecular weight is 224 g/mol. The third-order valence-electron chi connectivity index (χ3n) is 2.11. The maximum absolute atomic E-state index is 11.4. The second kappa shape index (κ2) is 3.47. The summed E-state index contributed by atoms with van der Waals surface area (Å²) >= 11 is 1.22. The lowest BCUT2D eigenvalue weighted by molar-refractivity contribution is -0.138. The largest absolute Gasteiger partial charge is 0.481 e. The molecule has 0 radical (unpaired) electrons. The molecular weight excluding hydrogens is 216 g/mol. The highest BCUT2D eigenvalue weighted by Crippen LogP contribution is 2.23. The van der Waals surface area contributed by atoms with Gasteiger partial charge in [0.1, 0.15) is 0 Å². The second-order valence-corrected chi connectivity index (χ2v) is 4.17. The zero-order chi connectivity index (χ0) is 11.0. The van der Waals surface area contributed by atoms with Crippen molar-refractivity contribution < 1.29 is 9.90 Å². The van der Waals surface area contributed by atoms with E-state index in [2.05, 4.69) is 4.98 Å². The van der Waals surface area contributed by atoms with Gasteiger partial charge in [-0.3, -0.25) is 14.0 Å². The summed E-state index contributed by atoms with van der Waals surface area (Å²) in [6, 6.07) is 1.34. The maximum Gasteiger partial charge on any atom is 0.311 e. The van der Waals surface area contributed by atoms with Crippen molar-refractivity contribution in [3.63, 3.8) is 0 Å². The SMILES string of the molecule is CC(C(=O)O)c1cn2c(=O)ccnc2s1. The predicted octanol–water partition coefficient (Wildman–Crippen LogP) is 0.944. The molecule has 5 nitrogen and oxygen atoms in total. The zero-order valence-electron chi connectivity index (χ0n) is 7.88. The van der Waals surface area contributed by atoms with Gasteiger partial charge in [-0.2, -0.15) is 0 Å². The Hall–Kier alpha value is -1.69. The summed E-state index contributed by atoms with van der Waals surface area (Å²) in [7, 11) is 0. The van der Waals surface area contributed by atoms with E-state index in [1.54, 1.807) is 6.92 Å². The molecule has 0 aromatic carbocycles. The summed E-state index contributed by atoms with van der Waals surface area (Å²) in [6.07, 6.45) is 2.96. The Morgan fingerprint density at radius 2 is 2.40 bits per heavy atom. The smallest absolute Gasteiger partial charge is 0.311 e. The lowest BCUT2D eigenvalue weighted by atomic mass is 10.2. The first-order chi connectivity index (χ1) is 7.09. The van der Waals surface area contributed by atoms with Crippen molar-refractivity contribution in [2.24, 2.45) is 0 Å². The van der Waals surface area contributed by atoms with Crippen LogP contribution in [-0.4, -0.2) is 20.5 Å². The van der Waals surface area contributed by atoms with Gasteiger partial charge in [0, 0.05) is 23.3 Å². The summed E-state index contributed by atoms with van der Waals surface area (Å²) in [5.41, 5.74) is -0.194. The Balaban J connectivity index is 2.62. The van der Waals surface area contributed by atoms with E-state index in [0.29, 0.717) is 9.84 Å². The summed E-state index contributed by atoms with van der Waals surface area (Å²) in [5.74, 6) is -1.52. The molecule has 2 aromatic heterocycles. The molecule has 0 saturated carbocycles. The molecule has 2 rings (SSSR count). The van der Waals surface area contributed by atoms with Crippen LogP contribution < -0.4 is 5.56 Å². The van der Waals surface area contributed by atoms with Crippen molar-refractivity contribution in [2.75, 3.05) is 0 Å². The number of carboxylic acid groups (broad SMARTS) is 1. The molecule has 2 aromatic rings. The summed E-state index contributed by atoms with van der Waals surface area (Å²) in [4.78, 5) is 27.3. The van der Waals surface area contributed by atoms with E-state index in [1.807, 2.05) is 0 Å². The Morgan fingerprint density at radius 1 is 1.67 bits per heavy atom. The molecule has 0 aliphatic heterocycles. The fourth-order valence-electron chi connectivity index (χ4n) is 1.18. The van der Waals surface area contributed by atoms with Gasteiger partial charge in [0.25, 0.3) is 5.56 Å². The molecule has 78 valence electrons. The van der Waals surface area contributed by atoms with Crippen LogP contribution >= 0.6 is 11.3 Å². The van der Waals surface area contributed by atoms with E-state index in [1.165, 1.54) is 34.2 Å². The van der Waals surface area contributed by atoms with Crippen LogP contribution in [0.15, 0.2) is 23.3 Å².